The molecule has 0 radical (unpaired) electrons. The van der Waals surface area contributed by atoms with E-state index in [4.69, 9.17) is 16.7 Å². The quantitative estimate of drug-likeness (QED) is 0.869. The van der Waals surface area contributed by atoms with Crippen LogP contribution in [0.2, 0.25) is 5.02 Å². The van der Waals surface area contributed by atoms with Crippen LogP contribution in [-0.4, -0.2) is 25.5 Å². The van der Waals surface area contributed by atoms with E-state index < -0.39 is 38.7 Å². The second-order valence-electron chi connectivity index (χ2n) is 4.23. The van der Waals surface area contributed by atoms with Crippen molar-refractivity contribution >= 4 is 27.6 Å². The number of benzene rings is 1. The second kappa shape index (κ2) is 5.85. The van der Waals surface area contributed by atoms with Gasteiger partial charge in [-0.1, -0.05) is 31.5 Å². The Labute approximate surface area is 115 Å². The highest BCUT2D eigenvalue weighted by Gasteiger charge is 2.31. The van der Waals surface area contributed by atoms with Crippen LogP contribution >= 0.6 is 11.6 Å². The van der Waals surface area contributed by atoms with Crippen molar-refractivity contribution in [2.45, 2.75) is 24.8 Å². The summed E-state index contributed by atoms with van der Waals surface area (Å²) >= 11 is 5.65. The summed E-state index contributed by atoms with van der Waals surface area (Å²) in [5.74, 6) is -2.88. The molecule has 0 bridgehead atoms. The van der Waals surface area contributed by atoms with Crippen molar-refractivity contribution in [2.24, 2.45) is 5.92 Å². The van der Waals surface area contributed by atoms with Gasteiger partial charge in [0.25, 0.3) is 0 Å². The maximum Gasteiger partial charge on any atom is 0.322 e. The summed E-state index contributed by atoms with van der Waals surface area (Å²) in [5.41, 5.74) is 0. The highest BCUT2D eigenvalue weighted by Crippen LogP contribution is 2.24. The Morgan fingerprint density at radius 2 is 2.00 bits per heavy atom. The van der Waals surface area contributed by atoms with E-state index in [0.29, 0.717) is 0 Å². The van der Waals surface area contributed by atoms with Gasteiger partial charge in [0.1, 0.15) is 16.8 Å². The topological polar surface area (TPSA) is 83.5 Å². The molecule has 1 atom stereocenters. The number of nitrogens with one attached hydrogen (secondary N) is 1. The van der Waals surface area contributed by atoms with Crippen molar-refractivity contribution in [1.29, 1.82) is 0 Å². The predicted octanol–water partition coefficient (Wildman–Crippen LogP) is 1.87. The average molecular weight is 310 g/mol. The SMILES string of the molecule is CC(C)C(NS(=O)(=O)c1c(F)cccc1Cl)C(=O)O. The molecule has 0 fully saturated rings. The van der Waals surface area contributed by atoms with Crippen molar-refractivity contribution in [2.75, 3.05) is 0 Å². The van der Waals surface area contributed by atoms with E-state index in [0.717, 1.165) is 6.07 Å². The number of sulfonamides is 1. The molecule has 19 heavy (non-hydrogen) atoms. The lowest BCUT2D eigenvalue weighted by atomic mass is 10.1. The van der Waals surface area contributed by atoms with Gasteiger partial charge >= 0.3 is 5.97 Å². The zero-order valence-corrected chi connectivity index (χ0v) is 11.8. The molecule has 0 saturated heterocycles. The minimum atomic E-state index is -4.35. The van der Waals surface area contributed by atoms with Gasteiger partial charge in [-0.3, -0.25) is 4.79 Å². The molecular weight excluding hydrogens is 297 g/mol. The van der Waals surface area contributed by atoms with E-state index in [-0.39, 0.29) is 5.02 Å². The minimum absolute atomic E-state index is 0.305. The Kier molecular flexibility index (Phi) is 4.89. The smallest absolute Gasteiger partial charge is 0.322 e. The molecule has 1 unspecified atom stereocenters. The highest BCUT2D eigenvalue weighted by molar-refractivity contribution is 7.89. The van der Waals surface area contributed by atoms with E-state index in [1.54, 1.807) is 0 Å². The van der Waals surface area contributed by atoms with Crippen molar-refractivity contribution in [1.82, 2.24) is 4.72 Å². The van der Waals surface area contributed by atoms with Gasteiger partial charge in [-0.2, -0.15) is 4.72 Å². The molecule has 0 amide bonds. The Hall–Kier alpha value is -1.18. The molecule has 0 heterocycles. The second-order valence-corrected chi connectivity index (χ2v) is 6.29. The van der Waals surface area contributed by atoms with Gasteiger partial charge in [0.15, 0.2) is 0 Å². The third kappa shape index (κ3) is 3.65. The molecule has 0 aromatic heterocycles. The Morgan fingerprint density at radius 1 is 1.42 bits per heavy atom. The molecular formula is C11H13ClFNO4S. The summed E-state index contributed by atoms with van der Waals surface area (Å²) in [5, 5.41) is 8.63. The molecule has 1 rings (SSSR count). The number of halogens is 2. The summed E-state index contributed by atoms with van der Waals surface area (Å²) < 4.78 is 39.5. The molecule has 0 saturated carbocycles. The molecule has 0 aliphatic rings. The fourth-order valence-electron chi connectivity index (χ4n) is 1.44. The maximum atomic E-state index is 13.5. The first kappa shape index (κ1) is 15.9. The summed E-state index contributed by atoms with van der Waals surface area (Å²) in [6, 6.07) is 2.05. The number of hydrogen-bond acceptors (Lipinski definition) is 3. The van der Waals surface area contributed by atoms with Crippen LogP contribution in [0.15, 0.2) is 23.1 Å². The highest BCUT2D eigenvalue weighted by atomic mass is 35.5. The number of hydrogen-bond donors (Lipinski definition) is 2. The molecule has 2 N–H and O–H groups in total. The van der Waals surface area contributed by atoms with Crippen LogP contribution in [0, 0.1) is 11.7 Å². The molecule has 8 heteroatoms. The first-order valence-corrected chi connectivity index (χ1v) is 7.22. The maximum absolute atomic E-state index is 13.5. The van der Waals surface area contributed by atoms with Crippen LogP contribution in [0.5, 0.6) is 0 Å². The Morgan fingerprint density at radius 3 is 2.42 bits per heavy atom. The van der Waals surface area contributed by atoms with Crippen molar-refractivity contribution in [3.8, 4) is 0 Å². The fourth-order valence-corrected chi connectivity index (χ4v) is 3.38. The van der Waals surface area contributed by atoms with Gasteiger partial charge < -0.3 is 5.11 Å². The molecule has 0 aliphatic heterocycles. The number of aliphatic carboxylic acids is 1. The van der Waals surface area contributed by atoms with E-state index in [1.807, 2.05) is 4.72 Å². The van der Waals surface area contributed by atoms with Crippen molar-refractivity contribution < 1.29 is 22.7 Å². The van der Waals surface area contributed by atoms with Gasteiger partial charge in [0.2, 0.25) is 10.0 Å². The van der Waals surface area contributed by atoms with Crippen LogP contribution < -0.4 is 4.72 Å². The average Bonchev–Trinajstić information content (AvgIpc) is 2.24. The molecule has 1 aromatic rings. The Bertz CT molecular complexity index is 568. The first-order valence-electron chi connectivity index (χ1n) is 5.36. The lowest BCUT2D eigenvalue weighted by molar-refractivity contribution is -0.140. The number of carbonyl (C=O) groups is 1. The predicted molar refractivity (Wildman–Crippen MR) is 68.0 cm³/mol. The van der Waals surface area contributed by atoms with Crippen LogP contribution in [0.1, 0.15) is 13.8 Å². The standard InChI is InChI=1S/C11H13ClFNO4S/c1-6(2)9(11(15)16)14-19(17,18)10-7(12)4-3-5-8(10)13/h3-6,9,14H,1-2H3,(H,15,16). The summed E-state index contributed by atoms with van der Waals surface area (Å²) in [6.07, 6.45) is 0. The van der Waals surface area contributed by atoms with Gasteiger partial charge in [-0.25, -0.2) is 12.8 Å². The van der Waals surface area contributed by atoms with E-state index in [9.17, 15) is 17.6 Å². The van der Waals surface area contributed by atoms with Crippen molar-refractivity contribution in [3.05, 3.63) is 29.0 Å². The van der Waals surface area contributed by atoms with Crippen LogP contribution in [0.4, 0.5) is 4.39 Å². The van der Waals surface area contributed by atoms with Gasteiger partial charge in [-0.05, 0) is 18.1 Å². The van der Waals surface area contributed by atoms with E-state index >= 15 is 0 Å². The lowest BCUT2D eigenvalue weighted by Crippen LogP contribution is -2.44. The zero-order chi connectivity index (χ0) is 14.8. The van der Waals surface area contributed by atoms with Gasteiger partial charge in [-0.15, -0.1) is 0 Å². The van der Waals surface area contributed by atoms with Gasteiger partial charge in [0, 0.05) is 0 Å². The van der Waals surface area contributed by atoms with Gasteiger partial charge in [0.05, 0.1) is 5.02 Å². The summed E-state index contributed by atoms with van der Waals surface area (Å²) in [4.78, 5) is 10.2. The van der Waals surface area contributed by atoms with Crippen LogP contribution in [-0.2, 0) is 14.8 Å². The van der Waals surface area contributed by atoms with Crippen LogP contribution in [0.25, 0.3) is 0 Å². The third-order valence-electron chi connectivity index (χ3n) is 2.40. The number of carboxylic acids is 1. The first-order chi connectivity index (χ1) is 8.66. The monoisotopic (exact) mass is 309 g/mol. The Balaban J connectivity index is 3.22. The van der Waals surface area contributed by atoms with Crippen molar-refractivity contribution in [3.63, 3.8) is 0 Å². The number of carboxylic acid groups (broad SMARTS) is 1. The largest absolute Gasteiger partial charge is 0.480 e. The van der Waals surface area contributed by atoms with Crippen LogP contribution in [0.3, 0.4) is 0 Å². The molecule has 0 spiro atoms. The minimum Gasteiger partial charge on any atom is -0.480 e. The van der Waals surface area contributed by atoms with E-state index in [1.165, 1.54) is 26.0 Å². The lowest BCUT2D eigenvalue weighted by Gasteiger charge is -2.18. The normalized spacial score (nSPS) is 13.5. The van der Waals surface area contributed by atoms with E-state index in [2.05, 4.69) is 0 Å². The molecule has 0 aliphatic carbocycles. The molecule has 5 nitrogen and oxygen atoms in total. The summed E-state index contributed by atoms with van der Waals surface area (Å²) in [7, 11) is -4.35. The molecule has 1 aromatic carbocycles. The fraction of sp³-hybridized carbons (Fsp3) is 0.364. The molecule has 106 valence electrons. The summed E-state index contributed by atoms with van der Waals surface area (Å²) in [6.45, 7) is 3.06. The number of rotatable bonds is 5. The zero-order valence-electron chi connectivity index (χ0n) is 10.2. The third-order valence-corrected chi connectivity index (χ3v) is 4.35.